The largest absolute Gasteiger partial charge is 0.506 e. The predicted molar refractivity (Wildman–Crippen MR) is 191 cm³/mol. The number of nitro groups is 1. The molecule has 0 saturated heterocycles. The molecule has 0 aromatic heterocycles. The van der Waals surface area contributed by atoms with E-state index >= 15 is 0 Å². The molecule has 0 heterocycles. The number of fused-ring (bicyclic) bond motifs is 1. The molecule has 0 aliphatic heterocycles. The number of nitrogens with one attached hydrogen (secondary N) is 1. The first kappa shape index (κ1) is 36.1. The molecule has 0 radical (unpaired) electrons. The van der Waals surface area contributed by atoms with Crippen molar-refractivity contribution in [1.29, 1.82) is 0 Å². The second-order valence-corrected chi connectivity index (χ2v) is 12.2. The first-order valence-electron chi connectivity index (χ1n) is 17.2. The fraction of sp³-hybridized carbons (Fsp3) is 0.410. The van der Waals surface area contributed by atoms with E-state index in [1.165, 1.54) is 30.3 Å². The summed E-state index contributed by atoms with van der Waals surface area (Å²) < 4.78 is 18.6. The second kappa shape index (κ2) is 17.9. The lowest BCUT2D eigenvalue weighted by molar-refractivity contribution is -0.384. The average molecular weight is 657 g/mol. The smallest absolute Gasteiger partial charge is 0.269 e. The Bertz CT molecular complexity index is 1650. The molecule has 0 bridgehead atoms. The highest BCUT2D eigenvalue weighted by molar-refractivity contribution is 6.11. The highest BCUT2D eigenvalue weighted by Gasteiger charge is 2.21. The number of anilines is 1. The van der Waals surface area contributed by atoms with Gasteiger partial charge in [-0.2, -0.15) is 0 Å². The van der Waals surface area contributed by atoms with E-state index in [9.17, 15) is 20.0 Å². The van der Waals surface area contributed by atoms with E-state index in [1.54, 1.807) is 30.3 Å². The third kappa shape index (κ3) is 9.62. The summed E-state index contributed by atoms with van der Waals surface area (Å²) in [5, 5.41) is 26.4. The van der Waals surface area contributed by atoms with Crippen LogP contribution in [-0.2, 0) is 0 Å². The fourth-order valence-electron chi connectivity index (χ4n) is 5.58. The van der Waals surface area contributed by atoms with Gasteiger partial charge in [0, 0.05) is 29.0 Å². The van der Waals surface area contributed by atoms with Crippen LogP contribution in [0, 0.1) is 22.0 Å². The fourth-order valence-corrected chi connectivity index (χ4v) is 5.58. The number of amides is 1. The maximum atomic E-state index is 13.9. The number of carbonyl (C=O) groups is 1. The van der Waals surface area contributed by atoms with Crippen LogP contribution in [0.4, 0.5) is 11.4 Å². The maximum Gasteiger partial charge on any atom is 0.269 e. The molecule has 9 nitrogen and oxygen atoms in total. The van der Waals surface area contributed by atoms with Crippen LogP contribution in [0.2, 0.25) is 0 Å². The molecule has 0 aliphatic rings. The van der Waals surface area contributed by atoms with Crippen LogP contribution in [0.15, 0.2) is 72.8 Å². The summed E-state index contributed by atoms with van der Waals surface area (Å²) in [4.78, 5) is 24.6. The minimum Gasteiger partial charge on any atom is -0.506 e. The zero-order valence-corrected chi connectivity index (χ0v) is 28.5. The number of nitrogens with zero attached hydrogens (tertiary/aromatic N) is 1. The van der Waals surface area contributed by atoms with Gasteiger partial charge in [0.1, 0.15) is 28.7 Å². The number of aromatic hydroxyl groups is 1. The van der Waals surface area contributed by atoms with Crippen molar-refractivity contribution in [2.75, 3.05) is 18.5 Å². The van der Waals surface area contributed by atoms with E-state index in [2.05, 4.69) is 33.0 Å². The Balaban J connectivity index is 1.65. The standard InChI is InChI=1S/C39H48N2O7/c1-5-9-13-27(7-3)25-46-31-21-22-36(47-26-28(8-4)14-10-6-2)35(23-31)40-39(43)34-24-37(32-15-11-12-16-33(32)38(34)42)48-30-19-17-29(18-20-30)41(44)45/h11-12,15-24,27-28,42H,5-10,13-14,25-26H2,1-4H3,(H,40,43). The molecule has 2 N–H and O–H groups in total. The molecular formula is C39H48N2O7. The number of non-ortho nitro benzene ring substituents is 1. The van der Waals surface area contributed by atoms with Crippen molar-refractivity contribution in [1.82, 2.24) is 0 Å². The van der Waals surface area contributed by atoms with Gasteiger partial charge in [-0.05, 0) is 55.0 Å². The summed E-state index contributed by atoms with van der Waals surface area (Å²) in [5.41, 5.74) is 0.377. The summed E-state index contributed by atoms with van der Waals surface area (Å²) >= 11 is 0. The highest BCUT2D eigenvalue weighted by atomic mass is 16.6. The first-order valence-corrected chi connectivity index (χ1v) is 17.2. The number of ether oxygens (including phenoxy) is 3. The molecule has 256 valence electrons. The van der Waals surface area contributed by atoms with Crippen LogP contribution in [-0.4, -0.2) is 29.2 Å². The van der Waals surface area contributed by atoms with Crippen LogP contribution >= 0.6 is 0 Å². The number of benzene rings is 4. The lowest BCUT2D eigenvalue weighted by Crippen LogP contribution is -2.16. The Hall–Kier alpha value is -4.79. The summed E-state index contributed by atoms with van der Waals surface area (Å²) in [5.74, 6) is 1.88. The van der Waals surface area contributed by atoms with E-state index in [0.717, 1.165) is 51.4 Å². The number of rotatable bonds is 19. The molecule has 2 unspecified atom stereocenters. The number of phenolic OH excluding ortho intramolecular Hbond substituents is 1. The average Bonchev–Trinajstić information content (AvgIpc) is 3.10. The Labute approximate surface area is 283 Å². The quantitative estimate of drug-likeness (QED) is 0.0761. The lowest BCUT2D eigenvalue weighted by Gasteiger charge is -2.20. The van der Waals surface area contributed by atoms with E-state index in [-0.39, 0.29) is 17.0 Å². The minimum atomic E-state index is -0.554. The van der Waals surface area contributed by atoms with E-state index in [1.807, 2.05) is 12.1 Å². The Morgan fingerprint density at radius 2 is 1.40 bits per heavy atom. The summed E-state index contributed by atoms with van der Waals surface area (Å²) in [7, 11) is 0. The number of phenols is 1. The van der Waals surface area contributed by atoms with Crippen molar-refractivity contribution in [3.05, 3.63) is 88.5 Å². The monoisotopic (exact) mass is 656 g/mol. The van der Waals surface area contributed by atoms with Crippen LogP contribution in [0.1, 0.15) is 89.4 Å². The zero-order valence-electron chi connectivity index (χ0n) is 28.5. The van der Waals surface area contributed by atoms with Crippen molar-refractivity contribution < 1.29 is 29.0 Å². The second-order valence-electron chi connectivity index (χ2n) is 12.2. The van der Waals surface area contributed by atoms with E-state index < -0.39 is 10.8 Å². The van der Waals surface area contributed by atoms with Gasteiger partial charge < -0.3 is 24.6 Å². The van der Waals surface area contributed by atoms with Crippen LogP contribution < -0.4 is 19.5 Å². The van der Waals surface area contributed by atoms with Gasteiger partial charge in [0.15, 0.2) is 0 Å². The topological polar surface area (TPSA) is 120 Å². The summed E-state index contributed by atoms with van der Waals surface area (Å²) in [6.07, 6.45) is 8.70. The summed E-state index contributed by atoms with van der Waals surface area (Å²) in [6, 6.07) is 19.7. The van der Waals surface area contributed by atoms with Gasteiger partial charge in [0.2, 0.25) is 0 Å². The number of hydrogen-bond donors (Lipinski definition) is 2. The molecule has 48 heavy (non-hydrogen) atoms. The molecular weight excluding hydrogens is 608 g/mol. The van der Waals surface area contributed by atoms with Crippen molar-refractivity contribution in [2.24, 2.45) is 11.8 Å². The van der Waals surface area contributed by atoms with Gasteiger partial charge in [0.05, 0.1) is 29.4 Å². The van der Waals surface area contributed by atoms with Crippen molar-refractivity contribution in [3.63, 3.8) is 0 Å². The maximum absolute atomic E-state index is 13.9. The van der Waals surface area contributed by atoms with Gasteiger partial charge >= 0.3 is 0 Å². The number of carbonyl (C=O) groups excluding carboxylic acids is 1. The van der Waals surface area contributed by atoms with Gasteiger partial charge in [0.25, 0.3) is 11.6 Å². The molecule has 0 spiro atoms. The normalized spacial score (nSPS) is 12.3. The minimum absolute atomic E-state index is 0.00266. The van der Waals surface area contributed by atoms with Crippen molar-refractivity contribution >= 4 is 28.1 Å². The molecule has 0 fully saturated rings. The van der Waals surface area contributed by atoms with Crippen LogP contribution in [0.3, 0.4) is 0 Å². The van der Waals surface area contributed by atoms with E-state index in [4.69, 9.17) is 14.2 Å². The van der Waals surface area contributed by atoms with Crippen molar-refractivity contribution in [2.45, 2.75) is 79.1 Å². The molecule has 4 rings (SSSR count). The van der Waals surface area contributed by atoms with Crippen LogP contribution in [0.25, 0.3) is 10.8 Å². The number of nitro benzene ring substituents is 1. The molecule has 9 heteroatoms. The predicted octanol–water partition coefficient (Wildman–Crippen LogP) is 10.7. The van der Waals surface area contributed by atoms with Gasteiger partial charge in [-0.3, -0.25) is 14.9 Å². The Morgan fingerprint density at radius 1 is 0.792 bits per heavy atom. The molecule has 0 aliphatic carbocycles. The molecule has 2 atom stereocenters. The van der Waals surface area contributed by atoms with Crippen LogP contribution in [0.5, 0.6) is 28.7 Å². The molecule has 4 aromatic carbocycles. The number of unbranched alkanes of at least 4 members (excludes halogenated alkanes) is 2. The molecule has 0 saturated carbocycles. The first-order chi connectivity index (χ1) is 23.3. The van der Waals surface area contributed by atoms with Gasteiger partial charge in [-0.15, -0.1) is 0 Å². The Morgan fingerprint density at radius 3 is 2.00 bits per heavy atom. The van der Waals surface area contributed by atoms with Crippen molar-refractivity contribution in [3.8, 4) is 28.7 Å². The Kier molecular flexibility index (Phi) is 13.5. The number of hydrogen-bond acceptors (Lipinski definition) is 7. The van der Waals surface area contributed by atoms with Gasteiger partial charge in [-0.1, -0.05) is 90.5 Å². The zero-order chi connectivity index (χ0) is 34.5. The highest BCUT2D eigenvalue weighted by Crippen LogP contribution is 2.39. The summed E-state index contributed by atoms with van der Waals surface area (Å²) in [6.45, 7) is 9.78. The molecule has 1 amide bonds. The lowest BCUT2D eigenvalue weighted by atomic mass is 10.0. The van der Waals surface area contributed by atoms with Gasteiger partial charge in [-0.25, -0.2) is 0 Å². The third-order valence-electron chi connectivity index (χ3n) is 8.74. The SMILES string of the molecule is CCCCC(CC)COc1ccc(OCC(CC)CCCC)c(NC(=O)c2cc(Oc3ccc([N+](=O)[O-])cc3)c3ccccc3c2O)c1. The molecule has 4 aromatic rings. The third-order valence-corrected chi connectivity index (χ3v) is 8.74. The van der Waals surface area contributed by atoms with E-state index in [0.29, 0.717) is 64.5 Å².